The Morgan fingerprint density at radius 3 is 2.81 bits per heavy atom. The molecule has 0 saturated carbocycles. The molecule has 4 nitrogen and oxygen atoms in total. The van der Waals surface area contributed by atoms with Crippen LogP contribution in [-0.2, 0) is 0 Å². The summed E-state index contributed by atoms with van der Waals surface area (Å²) in [5, 5.41) is 2.20. The van der Waals surface area contributed by atoms with Crippen LogP contribution in [0.1, 0.15) is 25.0 Å². The summed E-state index contributed by atoms with van der Waals surface area (Å²) in [6.07, 6.45) is 5.48. The maximum Gasteiger partial charge on any atom is 0.124 e. The minimum absolute atomic E-state index is 0.333. The zero-order valence-electron chi connectivity index (χ0n) is 9.15. The van der Waals surface area contributed by atoms with Crippen LogP contribution in [0.15, 0.2) is 18.3 Å². The van der Waals surface area contributed by atoms with Gasteiger partial charge in [0.25, 0.3) is 0 Å². The fourth-order valence-electron chi connectivity index (χ4n) is 1.87. The molecule has 1 aromatic rings. The van der Waals surface area contributed by atoms with Crippen molar-refractivity contribution in [2.45, 2.75) is 19.3 Å². The fourth-order valence-corrected chi connectivity index (χ4v) is 2.03. The Balaban J connectivity index is 2.10. The number of hydrazine groups is 1. The smallest absolute Gasteiger partial charge is 0.124 e. The number of nitrogens with zero attached hydrogens (tertiary/aromatic N) is 2. The molecular weight excluding hydrogens is 220 g/mol. The van der Waals surface area contributed by atoms with Crippen LogP contribution >= 0.6 is 12.2 Å². The van der Waals surface area contributed by atoms with E-state index < -0.39 is 0 Å². The van der Waals surface area contributed by atoms with E-state index in [1.807, 2.05) is 12.1 Å². The Morgan fingerprint density at radius 2 is 2.12 bits per heavy atom. The Kier molecular flexibility index (Phi) is 3.69. The molecule has 0 unspecified atom stereocenters. The predicted molar refractivity (Wildman–Crippen MR) is 69.2 cm³/mol. The van der Waals surface area contributed by atoms with Gasteiger partial charge >= 0.3 is 0 Å². The van der Waals surface area contributed by atoms with Crippen LogP contribution in [0, 0.1) is 0 Å². The van der Waals surface area contributed by atoms with Crippen molar-refractivity contribution in [3.05, 3.63) is 24.0 Å². The molecule has 0 radical (unpaired) electrons. The van der Waals surface area contributed by atoms with Gasteiger partial charge in [0.1, 0.15) is 10.7 Å². The van der Waals surface area contributed by atoms with Crippen molar-refractivity contribution < 1.29 is 0 Å². The molecule has 3 N–H and O–H groups in total. The lowest BCUT2D eigenvalue weighted by Gasteiger charge is -2.28. The lowest BCUT2D eigenvalue weighted by Crippen LogP contribution is -2.35. The molecule has 5 heteroatoms. The van der Waals surface area contributed by atoms with Gasteiger partial charge < -0.3 is 11.2 Å². The largest absolute Gasteiger partial charge is 0.388 e. The van der Waals surface area contributed by atoms with Gasteiger partial charge in [-0.25, -0.2) is 5.01 Å². The molecule has 86 valence electrons. The number of hydrogen-bond donors (Lipinski definition) is 2. The molecule has 1 aromatic heterocycles. The van der Waals surface area contributed by atoms with E-state index in [4.69, 9.17) is 18.0 Å². The highest BCUT2D eigenvalue weighted by Gasteiger charge is 2.12. The summed E-state index contributed by atoms with van der Waals surface area (Å²) >= 11 is 4.97. The molecular formula is C11H16N4S. The molecule has 0 aromatic carbocycles. The molecule has 2 rings (SSSR count). The summed E-state index contributed by atoms with van der Waals surface area (Å²) in [6.45, 7) is 2.12. The average molecular weight is 236 g/mol. The zero-order valence-corrected chi connectivity index (χ0v) is 9.96. The molecule has 1 aliphatic heterocycles. The quantitative estimate of drug-likeness (QED) is 0.779. The zero-order chi connectivity index (χ0) is 11.4. The van der Waals surface area contributed by atoms with E-state index >= 15 is 0 Å². The normalized spacial score (nSPS) is 17.0. The Bertz CT molecular complexity index is 374. The van der Waals surface area contributed by atoms with Gasteiger partial charge in [0.2, 0.25) is 0 Å². The summed E-state index contributed by atoms with van der Waals surface area (Å²) in [6, 6.07) is 3.84. The molecule has 1 fully saturated rings. The average Bonchev–Trinajstić information content (AvgIpc) is 2.31. The maximum absolute atomic E-state index is 5.63. The van der Waals surface area contributed by atoms with Gasteiger partial charge in [0.05, 0.1) is 5.69 Å². The van der Waals surface area contributed by atoms with Gasteiger partial charge in [-0.3, -0.25) is 4.98 Å². The van der Waals surface area contributed by atoms with E-state index in [0.29, 0.717) is 10.7 Å². The van der Waals surface area contributed by atoms with Crippen molar-refractivity contribution in [3.8, 4) is 0 Å². The number of pyridine rings is 1. The van der Waals surface area contributed by atoms with Crippen molar-refractivity contribution in [2.24, 2.45) is 5.73 Å². The van der Waals surface area contributed by atoms with Crippen LogP contribution in [0.5, 0.6) is 0 Å². The molecule has 1 saturated heterocycles. The number of anilines is 1. The van der Waals surface area contributed by atoms with E-state index in [1.165, 1.54) is 19.3 Å². The van der Waals surface area contributed by atoms with Crippen molar-refractivity contribution in [3.63, 3.8) is 0 Å². The van der Waals surface area contributed by atoms with Crippen molar-refractivity contribution in [2.75, 3.05) is 18.5 Å². The highest BCUT2D eigenvalue weighted by Crippen LogP contribution is 2.15. The molecule has 2 heterocycles. The SMILES string of the molecule is NC(=S)c1ncccc1NN1CCCCC1. The number of aromatic nitrogens is 1. The van der Waals surface area contributed by atoms with E-state index in [1.54, 1.807) is 6.20 Å². The standard InChI is InChI=1S/C11H16N4S/c12-11(16)10-9(5-4-6-13-10)14-15-7-2-1-3-8-15/h4-6,14H,1-3,7-8H2,(H2,12,16). The van der Waals surface area contributed by atoms with E-state index in [2.05, 4.69) is 15.4 Å². The van der Waals surface area contributed by atoms with Crippen LogP contribution in [0.2, 0.25) is 0 Å². The summed E-state index contributed by atoms with van der Waals surface area (Å²) in [5.41, 5.74) is 10.5. The number of piperidine rings is 1. The van der Waals surface area contributed by atoms with E-state index in [9.17, 15) is 0 Å². The van der Waals surface area contributed by atoms with Crippen LogP contribution < -0.4 is 11.2 Å². The Hall–Kier alpha value is -1.20. The van der Waals surface area contributed by atoms with Crippen LogP contribution in [0.4, 0.5) is 5.69 Å². The second-order valence-electron chi connectivity index (χ2n) is 3.92. The van der Waals surface area contributed by atoms with E-state index in [-0.39, 0.29) is 0 Å². The molecule has 1 aliphatic rings. The maximum atomic E-state index is 5.63. The topological polar surface area (TPSA) is 54.2 Å². The second kappa shape index (κ2) is 5.23. The van der Waals surface area contributed by atoms with Crippen LogP contribution in [0.3, 0.4) is 0 Å². The van der Waals surface area contributed by atoms with Crippen LogP contribution in [-0.4, -0.2) is 28.1 Å². The third kappa shape index (κ3) is 2.68. The number of rotatable bonds is 3. The third-order valence-corrected chi connectivity index (χ3v) is 2.87. The first kappa shape index (κ1) is 11.3. The summed E-state index contributed by atoms with van der Waals surface area (Å²) < 4.78 is 0. The molecule has 0 bridgehead atoms. The van der Waals surface area contributed by atoms with Gasteiger partial charge in [0.15, 0.2) is 0 Å². The monoisotopic (exact) mass is 236 g/mol. The minimum Gasteiger partial charge on any atom is -0.388 e. The lowest BCUT2D eigenvalue weighted by atomic mass is 10.2. The first-order chi connectivity index (χ1) is 7.77. The fraction of sp³-hybridized carbons (Fsp3) is 0.455. The van der Waals surface area contributed by atoms with Crippen LogP contribution in [0.25, 0.3) is 0 Å². The number of hydrogen-bond acceptors (Lipinski definition) is 4. The molecule has 0 atom stereocenters. The van der Waals surface area contributed by atoms with Crippen molar-refractivity contribution >= 4 is 22.9 Å². The van der Waals surface area contributed by atoms with Gasteiger partial charge in [-0.1, -0.05) is 18.6 Å². The molecule has 0 amide bonds. The number of thiocarbonyl (C=S) groups is 1. The molecule has 0 spiro atoms. The third-order valence-electron chi connectivity index (χ3n) is 2.68. The number of nitrogens with two attached hydrogens (primary N) is 1. The highest BCUT2D eigenvalue weighted by molar-refractivity contribution is 7.80. The Labute approximate surface area is 101 Å². The molecule has 16 heavy (non-hydrogen) atoms. The van der Waals surface area contributed by atoms with E-state index in [0.717, 1.165) is 18.8 Å². The first-order valence-electron chi connectivity index (χ1n) is 5.54. The van der Waals surface area contributed by atoms with Gasteiger partial charge in [0, 0.05) is 19.3 Å². The van der Waals surface area contributed by atoms with Crippen molar-refractivity contribution in [1.29, 1.82) is 0 Å². The minimum atomic E-state index is 0.333. The molecule has 0 aliphatic carbocycles. The first-order valence-corrected chi connectivity index (χ1v) is 5.94. The Morgan fingerprint density at radius 1 is 1.38 bits per heavy atom. The van der Waals surface area contributed by atoms with Gasteiger partial charge in [-0.2, -0.15) is 0 Å². The van der Waals surface area contributed by atoms with Gasteiger partial charge in [-0.05, 0) is 25.0 Å². The lowest BCUT2D eigenvalue weighted by molar-refractivity contribution is 0.273. The summed E-state index contributed by atoms with van der Waals surface area (Å²) in [5.74, 6) is 0. The van der Waals surface area contributed by atoms with Gasteiger partial charge in [-0.15, -0.1) is 0 Å². The number of nitrogens with one attached hydrogen (secondary N) is 1. The predicted octanol–water partition coefficient (Wildman–Crippen LogP) is 1.53. The summed E-state index contributed by atoms with van der Waals surface area (Å²) in [7, 11) is 0. The second-order valence-corrected chi connectivity index (χ2v) is 4.36. The highest BCUT2D eigenvalue weighted by atomic mass is 32.1. The summed E-state index contributed by atoms with van der Waals surface area (Å²) in [4.78, 5) is 4.52. The van der Waals surface area contributed by atoms with Crippen molar-refractivity contribution in [1.82, 2.24) is 9.99 Å².